The summed E-state index contributed by atoms with van der Waals surface area (Å²) >= 11 is 0. The van der Waals surface area contributed by atoms with Gasteiger partial charge in [0.15, 0.2) is 6.29 Å². The maximum absolute atomic E-state index is 13.4. The first-order chi connectivity index (χ1) is 7.27. The Hall–Kier alpha value is -1.90. The molecule has 2 aromatic rings. The molecule has 0 fully saturated rings. The molecule has 3 heteroatoms. The van der Waals surface area contributed by atoms with Gasteiger partial charge in [0.05, 0.1) is 12.7 Å². The highest BCUT2D eigenvalue weighted by Gasteiger charge is 2.09. The Bertz CT molecular complexity index is 520. The zero-order valence-corrected chi connectivity index (χ0v) is 8.16. The molecule has 0 saturated carbocycles. The van der Waals surface area contributed by atoms with Crippen LogP contribution in [0.25, 0.3) is 10.8 Å². The van der Waals surface area contributed by atoms with Crippen LogP contribution in [0, 0.1) is 5.82 Å². The average molecular weight is 204 g/mol. The van der Waals surface area contributed by atoms with Crippen LogP contribution in [0.15, 0.2) is 30.3 Å². The molecular formula is C12H9FO2. The molecule has 0 atom stereocenters. The van der Waals surface area contributed by atoms with Gasteiger partial charge in [0.2, 0.25) is 0 Å². The van der Waals surface area contributed by atoms with E-state index in [9.17, 15) is 9.18 Å². The Balaban J connectivity index is 2.88. The van der Waals surface area contributed by atoms with Crippen LogP contribution in [-0.4, -0.2) is 13.4 Å². The second-order valence-electron chi connectivity index (χ2n) is 3.13. The third-order valence-corrected chi connectivity index (χ3v) is 2.35. The molecule has 0 unspecified atom stereocenters. The predicted molar refractivity (Wildman–Crippen MR) is 55.8 cm³/mol. The number of rotatable bonds is 2. The van der Waals surface area contributed by atoms with Gasteiger partial charge in [0.1, 0.15) is 11.6 Å². The lowest BCUT2D eigenvalue weighted by Crippen LogP contribution is -1.92. The molecule has 0 aromatic heterocycles. The number of carbonyl (C=O) groups excluding carboxylic acids is 1. The molecule has 0 heterocycles. The molecule has 0 saturated heterocycles. The summed E-state index contributed by atoms with van der Waals surface area (Å²) < 4.78 is 18.4. The van der Waals surface area contributed by atoms with E-state index in [-0.39, 0.29) is 5.82 Å². The van der Waals surface area contributed by atoms with Gasteiger partial charge in [0.25, 0.3) is 0 Å². The fourth-order valence-electron chi connectivity index (χ4n) is 1.62. The Morgan fingerprint density at radius 1 is 1.20 bits per heavy atom. The molecule has 0 amide bonds. The summed E-state index contributed by atoms with van der Waals surface area (Å²) in [4.78, 5) is 10.9. The van der Waals surface area contributed by atoms with Crippen LogP contribution >= 0.6 is 0 Å². The molecular weight excluding hydrogens is 195 g/mol. The summed E-state index contributed by atoms with van der Waals surface area (Å²) in [5.41, 5.74) is 0.384. The Morgan fingerprint density at radius 3 is 2.67 bits per heavy atom. The highest BCUT2D eigenvalue weighted by molar-refractivity contribution is 6.01. The lowest BCUT2D eigenvalue weighted by atomic mass is 10.0. The van der Waals surface area contributed by atoms with Crippen molar-refractivity contribution >= 4 is 17.1 Å². The fraction of sp³-hybridized carbons (Fsp3) is 0.0833. The van der Waals surface area contributed by atoms with Crippen molar-refractivity contribution in [2.45, 2.75) is 0 Å². The van der Waals surface area contributed by atoms with Crippen molar-refractivity contribution in [2.24, 2.45) is 0 Å². The molecule has 2 rings (SSSR count). The fourth-order valence-corrected chi connectivity index (χ4v) is 1.62. The molecule has 0 bridgehead atoms. The molecule has 76 valence electrons. The Kier molecular flexibility index (Phi) is 2.37. The van der Waals surface area contributed by atoms with Gasteiger partial charge >= 0.3 is 0 Å². The standard InChI is InChI=1S/C12H9FO2/c1-15-12-6-5-9-8(10(12)7-14)3-2-4-11(9)13/h2-7H,1H3. The summed E-state index contributed by atoms with van der Waals surface area (Å²) in [5.74, 6) is 0.126. The van der Waals surface area contributed by atoms with Gasteiger partial charge in [-0.3, -0.25) is 4.79 Å². The number of methoxy groups -OCH3 is 1. The largest absolute Gasteiger partial charge is 0.496 e. The monoisotopic (exact) mass is 204 g/mol. The summed E-state index contributed by atoms with van der Waals surface area (Å²) in [5, 5.41) is 1.00. The van der Waals surface area contributed by atoms with Crippen LogP contribution in [0.1, 0.15) is 10.4 Å². The van der Waals surface area contributed by atoms with Crippen LogP contribution in [0.5, 0.6) is 5.75 Å². The molecule has 0 aliphatic carbocycles. The maximum Gasteiger partial charge on any atom is 0.154 e. The number of fused-ring (bicyclic) bond motifs is 1. The molecule has 0 N–H and O–H groups in total. The van der Waals surface area contributed by atoms with E-state index in [1.54, 1.807) is 24.3 Å². The third kappa shape index (κ3) is 1.46. The minimum atomic E-state index is -0.335. The van der Waals surface area contributed by atoms with Crippen molar-refractivity contribution in [1.82, 2.24) is 0 Å². The van der Waals surface area contributed by atoms with Gasteiger partial charge in [-0.25, -0.2) is 4.39 Å². The lowest BCUT2D eigenvalue weighted by Gasteiger charge is -2.07. The lowest BCUT2D eigenvalue weighted by molar-refractivity contribution is 0.112. The molecule has 2 nitrogen and oxygen atoms in total. The number of hydrogen-bond acceptors (Lipinski definition) is 2. The van der Waals surface area contributed by atoms with Crippen molar-refractivity contribution < 1.29 is 13.9 Å². The van der Waals surface area contributed by atoms with E-state index in [1.165, 1.54) is 13.2 Å². The van der Waals surface area contributed by atoms with Gasteiger partial charge in [-0.15, -0.1) is 0 Å². The van der Waals surface area contributed by atoms with Gasteiger partial charge in [-0.2, -0.15) is 0 Å². The average Bonchev–Trinajstić information content (AvgIpc) is 2.28. The molecule has 0 aliphatic heterocycles. The highest BCUT2D eigenvalue weighted by Crippen LogP contribution is 2.27. The molecule has 2 aromatic carbocycles. The minimum absolute atomic E-state index is 0.335. The first-order valence-corrected chi connectivity index (χ1v) is 4.48. The van der Waals surface area contributed by atoms with Crippen molar-refractivity contribution in [2.75, 3.05) is 7.11 Å². The van der Waals surface area contributed by atoms with Crippen LogP contribution in [-0.2, 0) is 0 Å². The van der Waals surface area contributed by atoms with Crippen LogP contribution in [0.2, 0.25) is 0 Å². The minimum Gasteiger partial charge on any atom is -0.496 e. The molecule has 0 spiro atoms. The van der Waals surface area contributed by atoms with E-state index in [2.05, 4.69) is 0 Å². The summed E-state index contributed by atoms with van der Waals surface area (Å²) in [6.07, 6.45) is 0.681. The number of aldehydes is 1. The van der Waals surface area contributed by atoms with E-state index < -0.39 is 0 Å². The number of hydrogen-bond donors (Lipinski definition) is 0. The molecule has 0 radical (unpaired) electrons. The van der Waals surface area contributed by atoms with E-state index in [0.29, 0.717) is 28.4 Å². The summed E-state index contributed by atoms with van der Waals surface area (Å²) in [7, 11) is 1.48. The van der Waals surface area contributed by atoms with Gasteiger partial charge in [-0.1, -0.05) is 12.1 Å². The summed E-state index contributed by atoms with van der Waals surface area (Å²) in [6.45, 7) is 0. The van der Waals surface area contributed by atoms with Crippen molar-refractivity contribution in [3.05, 3.63) is 41.7 Å². The number of halogens is 1. The van der Waals surface area contributed by atoms with E-state index in [1.807, 2.05) is 0 Å². The first-order valence-electron chi connectivity index (χ1n) is 4.48. The van der Waals surface area contributed by atoms with Crippen molar-refractivity contribution in [1.29, 1.82) is 0 Å². The molecule has 0 aliphatic rings. The van der Waals surface area contributed by atoms with Gasteiger partial charge in [0, 0.05) is 5.39 Å². The third-order valence-electron chi connectivity index (χ3n) is 2.35. The second-order valence-corrected chi connectivity index (χ2v) is 3.13. The van der Waals surface area contributed by atoms with E-state index >= 15 is 0 Å². The second kappa shape index (κ2) is 3.69. The number of ether oxygens (including phenoxy) is 1. The van der Waals surface area contributed by atoms with Crippen LogP contribution in [0.3, 0.4) is 0 Å². The summed E-state index contributed by atoms with van der Waals surface area (Å²) in [6, 6.07) is 7.84. The smallest absolute Gasteiger partial charge is 0.154 e. The normalized spacial score (nSPS) is 10.3. The maximum atomic E-state index is 13.4. The SMILES string of the molecule is COc1ccc2c(F)cccc2c1C=O. The topological polar surface area (TPSA) is 26.3 Å². The van der Waals surface area contributed by atoms with Gasteiger partial charge in [-0.05, 0) is 23.6 Å². The number of benzene rings is 2. The zero-order valence-electron chi connectivity index (χ0n) is 8.16. The highest BCUT2D eigenvalue weighted by atomic mass is 19.1. The number of carbonyl (C=O) groups is 1. The first kappa shape index (κ1) is 9.65. The van der Waals surface area contributed by atoms with Crippen molar-refractivity contribution in [3.63, 3.8) is 0 Å². The van der Waals surface area contributed by atoms with Crippen molar-refractivity contribution in [3.8, 4) is 5.75 Å². The zero-order chi connectivity index (χ0) is 10.8. The van der Waals surface area contributed by atoms with E-state index in [0.717, 1.165) is 0 Å². The van der Waals surface area contributed by atoms with Crippen LogP contribution < -0.4 is 4.74 Å². The Labute approximate surface area is 86.3 Å². The predicted octanol–water partition coefficient (Wildman–Crippen LogP) is 2.80. The van der Waals surface area contributed by atoms with Gasteiger partial charge < -0.3 is 4.74 Å². The quantitative estimate of drug-likeness (QED) is 0.703. The molecule has 15 heavy (non-hydrogen) atoms. The van der Waals surface area contributed by atoms with Crippen LogP contribution in [0.4, 0.5) is 4.39 Å². The Morgan fingerprint density at radius 2 is 2.00 bits per heavy atom. The van der Waals surface area contributed by atoms with E-state index in [4.69, 9.17) is 4.74 Å².